The van der Waals surface area contributed by atoms with Gasteiger partial charge in [0, 0.05) is 11.8 Å². The number of ketones is 1. The molecule has 6 heteroatoms. The van der Waals surface area contributed by atoms with Gasteiger partial charge in [-0.1, -0.05) is 25.1 Å². The van der Waals surface area contributed by atoms with Crippen molar-refractivity contribution in [3.8, 4) is 5.75 Å². The minimum atomic E-state index is -4.03. The molecule has 126 valence electrons. The van der Waals surface area contributed by atoms with Crippen molar-refractivity contribution in [2.24, 2.45) is 10.6 Å². The van der Waals surface area contributed by atoms with E-state index in [-0.39, 0.29) is 11.2 Å². The Bertz CT molecular complexity index is 966. The van der Waals surface area contributed by atoms with Crippen molar-refractivity contribution in [3.05, 3.63) is 41.5 Å². The Balaban J connectivity index is 1.82. The number of Topliss-reactive ketones (excluding diaryl/α,β-unsaturated/α-hetero) is 1. The molecule has 2 aliphatic carbocycles. The van der Waals surface area contributed by atoms with E-state index < -0.39 is 10.3 Å². The molecule has 1 saturated carbocycles. The van der Waals surface area contributed by atoms with Crippen LogP contribution in [0.15, 0.2) is 30.3 Å². The zero-order valence-electron chi connectivity index (χ0n) is 13.4. The van der Waals surface area contributed by atoms with Crippen molar-refractivity contribution in [2.75, 3.05) is 0 Å². The first-order chi connectivity index (χ1) is 11.3. The van der Waals surface area contributed by atoms with E-state index in [0.29, 0.717) is 18.1 Å². The van der Waals surface area contributed by atoms with Gasteiger partial charge in [-0.05, 0) is 59.2 Å². The summed E-state index contributed by atoms with van der Waals surface area (Å²) >= 11 is 0. The fourth-order valence-electron chi connectivity index (χ4n) is 4.45. The van der Waals surface area contributed by atoms with E-state index in [1.165, 1.54) is 11.1 Å². The molecule has 0 aliphatic heterocycles. The lowest BCUT2D eigenvalue weighted by molar-refractivity contribution is -0.126. The van der Waals surface area contributed by atoms with Crippen molar-refractivity contribution < 1.29 is 17.4 Å². The smallest absolute Gasteiger partial charge is 0.371 e. The summed E-state index contributed by atoms with van der Waals surface area (Å²) in [6, 6.07) is 9.25. The lowest BCUT2D eigenvalue weighted by atomic mass is 9.66. The second-order valence-corrected chi connectivity index (χ2v) is 8.18. The topological polar surface area (TPSA) is 86.5 Å². The number of nitrogens with two attached hydrogens (primary N) is 1. The van der Waals surface area contributed by atoms with Gasteiger partial charge in [-0.25, -0.2) is 0 Å². The molecule has 2 N–H and O–H groups in total. The lowest BCUT2D eigenvalue weighted by Gasteiger charge is -2.37. The highest BCUT2D eigenvalue weighted by molar-refractivity contribution is 7.84. The predicted molar refractivity (Wildman–Crippen MR) is 91.1 cm³/mol. The highest BCUT2D eigenvalue weighted by Crippen LogP contribution is 2.54. The molecule has 4 rings (SSSR count). The standard InChI is InChI=1S/C18H19NO4S/c1-18-9-8-14-13-5-3-12(23-24(19,21)22)10-11(13)2-4-15(14)16(18)6-7-17(18)20/h2-5,10,16H,6-9H2,1H3,(H2,19,21,22)/t16-,18-/m0/s1. The number of carbonyl (C=O) groups is 1. The van der Waals surface area contributed by atoms with Crippen LogP contribution >= 0.6 is 0 Å². The van der Waals surface area contributed by atoms with E-state index in [2.05, 4.69) is 13.0 Å². The van der Waals surface area contributed by atoms with Gasteiger partial charge in [-0.3, -0.25) is 4.79 Å². The van der Waals surface area contributed by atoms with Crippen LogP contribution in [0.2, 0.25) is 0 Å². The molecule has 1 fully saturated rings. The number of benzene rings is 2. The third kappa shape index (κ3) is 2.32. The molecule has 0 heterocycles. The number of aryl methyl sites for hydroxylation is 1. The van der Waals surface area contributed by atoms with Crippen molar-refractivity contribution in [3.63, 3.8) is 0 Å². The highest BCUT2D eigenvalue weighted by atomic mass is 32.2. The van der Waals surface area contributed by atoms with Gasteiger partial charge < -0.3 is 4.18 Å². The van der Waals surface area contributed by atoms with Crippen LogP contribution in [0.3, 0.4) is 0 Å². The van der Waals surface area contributed by atoms with E-state index in [9.17, 15) is 13.2 Å². The van der Waals surface area contributed by atoms with Gasteiger partial charge in [0.15, 0.2) is 0 Å². The van der Waals surface area contributed by atoms with Crippen molar-refractivity contribution >= 4 is 26.9 Å². The van der Waals surface area contributed by atoms with Crippen molar-refractivity contribution in [1.29, 1.82) is 0 Å². The summed E-state index contributed by atoms with van der Waals surface area (Å²) < 4.78 is 26.9. The largest absolute Gasteiger partial charge is 0.380 e. The molecule has 0 saturated heterocycles. The first kappa shape index (κ1) is 15.6. The molecule has 0 aromatic heterocycles. The number of carbonyl (C=O) groups excluding carboxylic acids is 1. The summed E-state index contributed by atoms with van der Waals surface area (Å²) in [7, 11) is -4.03. The Kier molecular flexibility index (Phi) is 3.27. The monoisotopic (exact) mass is 345 g/mol. The fraction of sp³-hybridized carbons (Fsp3) is 0.389. The molecule has 0 spiro atoms. The summed E-state index contributed by atoms with van der Waals surface area (Å²) in [5.41, 5.74) is 2.31. The Morgan fingerprint density at radius 1 is 1.21 bits per heavy atom. The summed E-state index contributed by atoms with van der Waals surface area (Å²) in [6.45, 7) is 2.10. The zero-order chi connectivity index (χ0) is 17.1. The molecule has 2 atom stereocenters. The average Bonchev–Trinajstić information content (AvgIpc) is 2.81. The SMILES string of the molecule is C[C@]12CCc3c(ccc4cc(OS(N)(=O)=O)ccc34)[C@@H]1CCC2=O. The molecule has 2 aromatic rings. The zero-order valence-corrected chi connectivity index (χ0v) is 14.2. The molecule has 0 bridgehead atoms. The molecule has 0 radical (unpaired) electrons. The number of hydrogen-bond donors (Lipinski definition) is 1. The van der Waals surface area contributed by atoms with Gasteiger partial charge in [-0.15, -0.1) is 0 Å². The Hall–Kier alpha value is -1.92. The molecule has 0 unspecified atom stereocenters. The minimum Gasteiger partial charge on any atom is -0.371 e. The van der Waals surface area contributed by atoms with Crippen molar-refractivity contribution in [2.45, 2.75) is 38.5 Å². The minimum absolute atomic E-state index is 0.210. The number of rotatable bonds is 2. The highest BCUT2D eigenvalue weighted by Gasteiger charge is 2.49. The molecule has 24 heavy (non-hydrogen) atoms. The first-order valence-corrected chi connectivity index (χ1v) is 9.56. The van der Waals surface area contributed by atoms with Crippen LogP contribution in [0.4, 0.5) is 0 Å². The first-order valence-electron chi connectivity index (χ1n) is 8.09. The molecular weight excluding hydrogens is 326 g/mol. The summed E-state index contributed by atoms with van der Waals surface area (Å²) in [6.07, 6.45) is 3.32. The van der Waals surface area contributed by atoms with Crippen LogP contribution in [-0.4, -0.2) is 14.2 Å². The van der Waals surface area contributed by atoms with Gasteiger partial charge in [-0.2, -0.15) is 13.6 Å². The lowest BCUT2D eigenvalue weighted by Crippen LogP contribution is -2.32. The Morgan fingerprint density at radius 2 is 2.00 bits per heavy atom. The van der Waals surface area contributed by atoms with Gasteiger partial charge in [0.1, 0.15) is 11.5 Å². The maximum atomic E-state index is 12.3. The number of fused-ring (bicyclic) bond motifs is 5. The molecule has 2 aromatic carbocycles. The molecular formula is C18H19NO4S. The van der Waals surface area contributed by atoms with E-state index >= 15 is 0 Å². The fourth-order valence-corrected chi connectivity index (χ4v) is 4.82. The van der Waals surface area contributed by atoms with Crippen LogP contribution in [0.1, 0.15) is 43.2 Å². The van der Waals surface area contributed by atoms with Crippen LogP contribution in [0.5, 0.6) is 5.75 Å². The number of hydrogen-bond acceptors (Lipinski definition) is 4. The van der Waals surface area contributed by atoms with E-state index in [4.69, 9.17) is 9.32 Å². The molecule has 5 nitrogen and oxygen atoms in total. The van der Waals surface area contributed by atoms with Crippen LogP contribution in [-0.2, 0) is 21.5 Å². The Labute approximate surface area is 141 Å². The second kappa shape index (κ2) is 5.04. The Morgan fingerprint density at radius 3 is 2.75 bits per heavy atom. The maximum Gasteiger partial charge on any atom is 0.380 e. The quantitative estimate of drug-likeness (QED) is 0.907. The van der Waals surface area contributed by atoms with Crippen LogP contribution < -0.4 is 9.32 Å². The third-order valence-electron chi connectivity index (χ3n) is 5.69. The van der Waals surface area contributed by atoms with Gasteiger partial charge in [0.05, 0.1) is 0 Å². The van der Waals surface area contributed by atoms with E-state index in [1.807, 2.05) is 12.1 Å². The van der Waals surface area contributed by atoms with E-state index in [0.717, 1.165) is 30.0 Å². The summed E-state index contributed by atoms with van der Waals surface area (Å²) in [4.78, 5) is 12.3. The van der Waals surface area contributed by atoms with Gasteiger partial charge in [0.25, 0.3) is 0 Å². The molecule has 2 aliphatic rings. The van der Waals surface area contributed by atoms with Crippen molar-refractivity contribution in [1.82, 2.24) is 0 Å². The van der Waals surface area contributed by atoms with Crippen LogP contribution in [0.25, 0.3) is 10.8 Å². The predicted octanol–water partition coefficient (Wildman–Crippen LogP) is 2.82. The normalized spacial score (nSPS) is 26.2. The average molecular weight is 345 g/mol. The third-order valence-corrected chi connectivity index (χ3v) is 6.11. The van der Waals surface area contributed by atoms with Crippen LogP contribution in [0, 0.1) is 5.41 Å². The summed E-state index contributed by atoms with van der Waals surface area (Å²) in [5, 5.41) is 6.94. The maximum absolute atomic E-state index is 12.3. The summed E-state index contributed by atoms with van der Waals surface area (Å²) in [5.74, 6) is 0.885. The van der Waals surface area contributed by atoms with Gasteiger partial charge >= 0.3 is 10.3 Å². The van der Waals surface area contributed by atoms with E-state index in [1.54, 1.807) is 12.1 Å². The molecule has 0 amide bonds. The van der Waals surface area contributed by atoms with Gasteiger partial charge in [0.2, 0.25) is 0 Å². The second-order valence-electron chi connectivity index (χ2n) is 7.02.